The van der Waals surface area contributed by atoms with Gasteiger partial charge in [-0.2, -0.15) is 0 Å². The fourth-order valence-electron chi connectivity index (χ4n) is 2.39. The Labute approximate surface area is 113 Å². The fourth-order valence-corrected chi connectivity index (χ4v) is 2.57. The van der Waals surface area contributed by atoms with Gasteiger partial charge in [-0.15, -0.1) is 0 Å². The van der Waals surface area contributed by atoms with E-state index in [-0.39, 0.29) is 11.8 Å². The van der Waals surface area contributed by atoms with E-state index in [2.05, 4.69) is 5.32 Å². The molecule has 98 valence electrons. The molecule has 2 rings (SSSR count). The SMILES string of the molecule is Nc1ccc(NC(=O)C2CCCCCC2)cc1Cl. The lowest BCUT2D eigenvalue weighted by Gasteiger charge is -2.14. The molecular formula is C14H19ClN2O. The van der Waals surface area contributed by atoms with Gasteiger partial charge in [0, 0.05) is 11.6 Å². The van der Waals surface area contributed by atoms with E-state index in [1.807, 2.05) is 0 Å². The van der Waals surface area contributed by atoms with Crippen LogP contribution in [0.4, 0.5) is 11.4 Å². The predicted molar refractivity (Wildman–Crippen MR) is 75.7 cm³/mol. The third kappa shape index (κ3) is 3.39. The van der Waals surface area contributed by atoms with Gasteiger partial charge in [0.25, 0.3) is 0 Å². The van der Waals surface area contributed by atoms with E-state index in [0.717, 1.165) is 31.4 Å². The first-order chi connectivity index (χ1) is 8.66. The van der Waals surface area contributed by atoms with Gasteiger partial charge < -0.3 is 11.1 Å². The second kappa shape index (κ2) is 6.10. The molecule has 1 aliphatic carbocycles. The number of nitrogens with two attached hydrogens (primary N) is 1. The molecule has 1 amide bonds. The zero-order valence-corrected chi connectivity index (χ0v) is 11.2. The number of benzene rings is 1. The summed E-state index contributed by atoms with van der Waals surface area (Å²) in [5.74, 6) is 0.251. The molecule has 1 aliphatic rings. The van der Waals surface area contributed by atoms with Crippen LogP contribution in [0.1, 0.15) is 38.5 Å². The number of nitrogen functional groups attached to an aromatic ring is 1. The van der Waals surface area contributed by atoms with Gasteiger partial charge in [0.2, 0.25) is 5.91 Å². The molecule has 18 heavy (non-hydrogen) atoms. The minimum Gasteiger partial charge on any atom is -0.398 e. The van der Waals surface area contributed by atoms with Gasteiger partial charge in [-0.1, -0.05) is 37.3 Å². The maximum absolute atomic E-state index is 12.1. The van der Waals surface area contributed by atoms with Gasteiger partial charge in [0.15, 0.2) is 0 Å². The largest absolute Gasteiger partial charge is 0.398 e. The Morgan fingerprint density at radius 2 is 1.89 bits per heavy atom. The number of carbonyl (C=O) groups is 1. The van der Waals surface area contributed by atoms with Gasteiger partial charge in [-0.3, -0.25) is 4.79 Å². The molecule has 0 unspecified atom stereocenters. The van der Waals surface area contributed by atoms with E-state index in [9.17, 15) is 4.79 Å². The highest BCUT2D eigenvalue weighted by atomic mass is 35.5. The molecule has 0 radical (unpaired) electrons. The molecule has 0 bridgehead atoms. The van der Waals surface area contributed by atoms with Crippen LogP contribution in [0.15, 0.2) is 18.2 Å². The van der Waals surface area contributed by atoms with E-state index >= 15 is 0 Å². The van der Waals surface area contributed by atoms with Crippen molar-refractivity contribution in [1.82, 2.24) is 0 Å². The topological polar surface area (TPSA) is 55.1 Å². The van der Waals surface area contributed by atoms with E-state index in [1.54, 1.807) is 18.2 Å². The Bertz CT molecular complexity index is 426. The number of anilines is 2. The van der Waals surface area contributed by atoms with Crippen molar-refractivity contribution in [1.29, 1.82) is 0 Å². The molecule has 0 aliphatic heterocycles. The summed E-state index contributed by atoms with van der Waals surface area (Å²) in [5, 5.41) is 3.41. The molecule has 0 spiro atoms. The lowest BCUT2D eigenvalue weighted by Crippen LogP contribution is -2.22. The third-order valence-electron chi connectivity index (χ3n) is 3.49. The summed E-state index contributed by atoms with van der Waals surface area (Å²) < 4.78 is 0. The van der Waals surface area contributed by atoms with Crippen molar-refractivity contribution in [3.8, 4) is 0 Å². The molecule has 1 saturated carbocycles. The first-order valence-corrected chi connectivity index (χ1v) is 6.90. The summed E-state index contributed by atoms with van der Waals surface area (Å²) in [7, 11) is 0. The third-order valence-corrected chi connectivity index (χ3v) is 3.82. The molecule has 1 aromatic carbocycles. The normalized spacial score (nSPS) is 17.2. The number of hydrogen-bond acceptors (Lipinski definition) is 2. The standard InChI is InChI=1S/C14H19ClN2O/c15-12-9-11(7-8-13(12)16)17-14(18)10-5-3-1-2-4-6-10/h7-10H,1-6,16H2,(H,17,18). The molecule has 4 heteroatoms. The number of halogens is 1. The summed E-state index contributed by atoms with van der Waals surface area (Å²) in [6.45, 7) is 0. The minimum atomic E-state index is 0.109. The van der Waals surface area contributed by atoms with Crippen molar-refractivity contribution in [3.63, 3.8) is 0 Å². The van der Waals surface area contributed by atoms with Gasteiger partial charge in [0.05, 0.1) is 10.7 Å². The van der Waals surface area contributed by atoms with Crippen LogP contribution < -0.4 is 11.1 Å². The van der Waals surface area contributed by atoms with E-state index < -0.39 is 0 Å². The Balaban J connectivity index is 1.99. The second-order valence-electron chi connectivity index (χ2n) is 4.91. The van der Waals surface area contributed by atoms with Gasteiger partial charge in [0.1, 0.15) is 0 Å². The Hall–Kier alpha value is -1.22. The molecule has 0 atom stereocenters. The lowest BCUT2D eigenvalue weighted by atomic mass is 9.99. The Morgan fingerprint density at radius 3 is 2.50 bits per heavy atom. The predicted octanol–water partition coefficient (Wildman–Crippen LogP) is 3.83. The molecular weight excluding hydrogens is 248 g/mol. The van der Waals surface area contributed by atoms with Crippen LogP contribution in [0.25, 0.3) is 0 Å². The molecule has 0 saturated heterocycles. The molecule has 1 fully saturated rings. The van der Waals surface area contributed by atoms with Gasteiger partial charge in [-0.05, 0) is 31.0 Å². The highest BCUT2D eigenvalue weighted by Crippen LogP contribution is 2.26. The van der Waals surface area contributed by atoms with Crippen molar-refractivity contribution in [2.45, 2.75) is 38.5 Å². The molecule has 0 heterocycles. The zero-order chi connectivity index (χ0) is 13.0. The fraction of sp³-hybridized carbons (Fsp3) is 0.500. The van der Waals surface area contributed by atoms with Gasteiger partial charge >= 0.3 is 0 Å². The van der Waals surface area contributed by atoms with Crippen LogP contribution in [0.2, 0.25) is 5.02 Å². The van der Waals surface area contributed by atoms with Crippen molar-refractivity contribution < 1.29 is 4.79 Å². The quantitative estimate of drug-likeness (QED) is 0.631. The van der Waals surface area contributed by atoms with Crippen molar-refractivity contribution in [2.24, 2.45) is 5.92 Å². The summed E-state index contributed by atoms with van der Waals surface area (Å²) in [6.07, 6.45) is 6.79. The Kier molecular flexibility index (Phi) is 4.48. The average molecular weight is 267 g/mol. The highest BCUT2D eigenvalue weighted by molar-refractivity contribution is 6.33. The molecule has 3 N–H and O–H groups in total. The van der Waals surface area contributed by atoms with E-state index in [1.165, 1.54) is 12.8 Å². The van der Waals surface area contributed by atoms with E-state index in [0.29, 0.717) is 10.7 Å². The summed E-state index contributed by atoms with van der Waals surface area (Å²) in [6, 6.07) is 5.20. The van der Waals surface area contributed by atoms with Crippen LogP contribution in [0.3, 0.4) is 0 Å². The first-order valence-electron chi connectivity index (χ1n) is 6.52. The number of nitrogens with one attached hydrogen (secondary N) is 1. The maximum Gasteiger partial charge on any atom is 0.227 e. The Morgan fingerprint density at radius 1 is 1.22 bits per heavy atom. The van der Waals surface area contributed by atoms with Crippen LogP contribution >= 0.6 is 11.6 Å². The lowest BCUT2D eigenvalue weighted by molar-refractivity contribution is -0.120. The molecule has 0 aromatic heterocycles. The van der Waals surface area contributed by atoms with Crippen LogP contribution in [0.5, 0.6) is 0 Å². The van der Waals surface area contributed by atoms with E-state index in [4.69, 9.17) is 17.3 Å². The number of rotatable bonds is 2. The van der Waals surface area contributed by atoms with Gasteiger partial charge in [-0.25, -0.2) is 0 Å². The number of carbonyl (C=O) groups excluding carboxylic acids is 1. The minimum absolute atomic E-state index is 0.109. The smallest absolute Gasteiger partial charge is 0.227 e. The summed E-state index contributed by atoms with van der Waals surface area (Å²) >= 11 is 5.93. The van der Waals surface area contributed by atoms with Crippen molar-refractivity contribution in [3.05, 3.63) is 23.2 Å². The van der Waals surface area contributed by atoms with Crippen LogP contribution in [-0.2, 0) is 4.79 Å². The molecule has 1 aromatic rings. The average Bonchev–Trinajstić information content (AvgIpc) is 2.62. The number of amides is 1. The zero-order valence-electron chi connectivity index (χ0n) is 10.4. The number of hydrogen-bond donors (Lipinski definition) is 2. The summed E-state index contributed by atoms with van der Waals surface area (Å²) in [5.41, 5.74) is 6.90. The highest BCUT2D eigenvalue weighted by Gasteiger charge is 2.20. The van der Waals surface area contributed by atoms with Crippen LogP contribution in [0, 0.1) is 5.92 Å². The van der Waals surface area contributed by atoms with Crippen molar-refractivity contribution >= 4 is 28.9 Å². The second-order valence-corrected chi connectivity index (χ2v) is 5.32. The van der Waals surface area contributed by atoms with Crippen LogP contribution in [-0.4, -0.2) is 5.91 Å². The summed E-state index contributed by atoms with van der Waals surface area (Å²) in [4.78, 5) is 12.1. The molecule has 3 nitrogen and oxygen atoms in total. The first kappa shape index (κ1) is 13.2. The monoisotopic (exact) mass is 266 g/mol. The maximum atomic E-state index is 12.1. The van der Waals surface area contributed by atoms with Crippen molar-refractivity contribution in [2.75, 3.05) is 11.1 Å².